The van der Waals surface area contributed by atoms with E-state index in [9.17, 15) is 4.79 Å². The number of hydrogen-bond acceptors (Lipinski definition) is 4. The maximum atomic E-state index is 12.0. The summed E-state index contributed by atoms with van der Waals surface area (Å²) in [6.07, 6.45) is 1.11. The zero-order valence-corrected chi connectivity index (χ0v) is 16.4. The van der Waals surface area contributed by atoms with Crippen molar-refractivity contribution in [1.82, 2.24) is 20.1 Å². The predicted molar refractivity (Wildman–Crippen MR) is 106 cm³/mol. The quantitative estimate of drug-likeness (QED) is 0.664. The Hall–Kier alpha value is -2.18. The van der Waals surface area contributed by atoms with Gasteiger partial charge in [0.25, 0.3) is 0 Å². The van der Waals surface area contributed by atoms with Gasteiger partial charge in [0, 0.05) is 30.3 Å². The second-order valence-electron chi connectivity index (χ2n) is 6.05. The molecule has 26 heavy (non-hydrogen) atoms. The summed E-state index contributed by atoms with van der Waals surface area (Å²) in [5.41, 5.74) is 3.79. The third-order valence-corrected chi connectivity index (χ3v) is 5.58. The van der Waals surface area contributed by atoms with Crippen molar-refractivity contribution in [1.29, 1.82) is 0 Å². The van der Waals surface area contributed by atoms with Crippen LogP contribution in [0, 0.1) is 13.8 Å². The first-order valence-electron chi connectivity index (χ1n) is 8.50. The number of amides is 1. The number of rotatable bonds is 7. The Kier molecular flexibility index (Phi) is 6.06. The topological polar surface area (TPSA) is 59.8 Å². The first kappa shape index (κ1) is 18.6. The number of halogens is 1. The van der Waals surface area contributed by atoms with Crippen LogP contribution in [0.1, 0.15) is 22.8 Å². The zero-order valence-electron chi connectivity index (χ0n) is 14.8. The van der Waals surface area contributed by atoms with Crippen molar-refractivity contribution in [2.45, 2.75) is 33.2 Å². The molecule has 1 aromatic carbocycles. The Morgan fingerprint density at radius 1 is 1.27 bits per heavy atom. The van der Waals surface area contributed by atoms with Gasteiger partial charge in [-0.05, 0) is 13.8 Å². The molecule has 0 saturated carbocycles. The molecule has 0 atom stereocenters. The Labute approximate surface area is 162 Å². The van der Waals surface area contributed by atoms with E-state index in [1.54, 1.807) is 16.0 Å². The van der Waals surface area contributed by atoms with Crippen molar-refractivity contribution in [3.8, 4) is 11.3 Å². The number of aromatic nitrogens is 3. The van der Waals surface area contributed by atoms with Crippen LogP contribution in [-0.4, -0.2) is 27.2 Å². The zero-order chi connectivity index (χ0) is 18.5. The molecule has 2 heterocycles. The van der Waals surface area contributed by atoms with Crippen LogP contribution in [0.5, 0.6) is 0 Å². The molecule has 0 radical (unpaired) electrons. The number of carbonyl (C=O) groups excluding carboxylic acids is 1. The summed E-state index contributed by atoms with van der Waals surface area (Å²) in [7, 11) is 0. The summed E-state index contributed by atoms with van der Waals surface area (Å²) in [5, 5.41) is 11.0. The predicted octanol–water partition coefficient (Wildman–Crippen LogP) is 4.03. The van der Waals surface area contributed by atoms with E-state index in [-0.39, 0.29) is 5.91 Å². The minimum atomic E-state index is 0.00788. The van der Waals surface area contributed by atoms with Crippen LogP contribution in [-0.2, 0) is 17.8 Å². The Morgan fingerprint density at radius 3 is 2.73 bits per heavy atom. The van der Waals surface area contributed by atoms with Gasteiger partial charge in [0.1, 0.15) is 0 Å². The molecule has 0 aliphatic heterocycles. The smallest absolute Gasteiger partial charge is 0.221 e. The summed E-state index contributed by atoms with van der Waals surface area (Å²) in [5.74, 6) is 0.00788. The highest BCUT2D eigenvalue weighted by Gasteiger charge is 2.10. The first-order valence-corrected chi connectivity index (χ1v) is 9.76. The minimum Gasteiger partial charge on any atom is -0.356 e. The molecule has 0 fully saturated rings. The lowest BCUT2D eigenvalue weighted by Crippen LogP contribution is -2.26. The number of thiazole rings is 1. The Bertz CT molecular complexity index is 888. The fraction of sp³-hybridized carbons (Fsp3) is 0.316. The molecule has 136 valence electrons. The van der Waals surface area contributed by atoms with Crippen LogP contribution < -0.4 is 5.32 Å². The van der Waals surface area contributed by atoms with Gasteiger partial charge in [-0.25, -0.2) is 4.98 Å². The monoisotopic (exact) mass is 388 g/mol. The van der Waals surface area contributed by atoms with Crippen LogP contribution in [0.25, 0.3) is 11.3 Å². The lowest BCUT2D eigenvalue weighted by molar-refractivity contribution is -0.121. The fourth-order valence-corrected chi connectivity index (χ4v) is 3.61. The van der Waals surface area contributed by atoms with Crippen molar-refractivity contribution in [2.24, 2.45) is 0 Å². The highest BCUT2D eigenvalue weighted by molar-refractivity contribution is 7.09. The Morgan fingerprint density at radius 2 is 2.04 bits per heavy atom. The molecular weight excluding hydrogens is 368 g/mol. The van der Waals surface area contributed by atoms with Crippen molar-refractivity contribution in [3.63, 3.8) is 0 Å². The number of nitrogens with one attached hydrogen (secondary N) is 1. The fourth-order valence-electron chi connectivity index (χ4n) is 2.66. The normalized spacial score (nSPS) is 10.9. The van der Waals surface area contributed by atoms with Gasteiger partial charge in [-0.1, -0.05) is 41.9 Å². The minimum absolute atomic E-state index is 0.00788. The van der Waals surface area contributed by atoms with Gasteiger partial charge >= 0.3 is 0 Å². The molecule has 1 N–H and O–H groups in total. The summed E-state index contributed by atoms with van der Waals surface area (Å²) in [6.45, 7) is 4.88. The maximum absolute atomic E-state index is 12.0. The van der Waals surface area contributed by atoms with E-state index in [0.29, 0.717) is 24.5 Å². The molecule has 5 nitrogen and oxygen atoms in total. The van der Waals surface area contributed by atoms with Crippen LogP contribution >= 0.6 is 22.9 Å². The van der Waals surface area contributed by atoms with E-state index in [4.69, 9.17) is 11.6 Å². The molecule has 0 aliphatic carbocycles. The largest absolute Gasteiger partial charge is 0.356 e. The van der Waals surface area contributed by atoms with Crippen LogP contribution in [0.15, 0.2) is 35.7 Å². The average Bonchev–Trinajstić information content (AvgIpc) is 3.21. The van der Waals surface area contributed by atoms with Crippen molar-refractivity contribution in [2.75, 3.05) is 6.54 Å². The molecule has 1 amide bonds. The van der Waals surface area contributed by atoms with Crippen molar-refractivity contribution >= 4 is 28.8 Å². The van der Waals surface area contributed by atoms with Crippen LogP contribution in [0.2, 0.25) is 5.02 Å². The molecule has 0 spiro atoms. The number of nitrogens with zero attached hydrogens (tertiary/aromatic N) is 3. The highest BCUT2D eigenvalue weighted by Crippen LogP contribution is 2.21. The lowest BCUT2D eigenvalue weighted by atomic mass is 10.2. The van der Waals surface area contributed by atoms with Gasteiger partial charge in [0.2, 0.25) is 5.91 Å². The van der Waals surface area contributed by atoms with Gasteiger partial charge in [0.15, 0.2) is 0 Å². The third-order valence-electron chi connectivity index (χ3n) is 4.13. The van der Waals surface area contributed by atoms with Crippen LogP contribution in [0.4, 0.5) is 0 Å². The molecule has 0 unspecified atom stereocenters. The van der Waals surface area contributed by atoms with Gasteiger partial charge in [0.05, 0.1) is 33.7 Å². The molecular formula is C19H21ClN4OS. The standard InChI is InChI=1S/C19H21ClN4OS/c1-13-19(20)14(2)24(23-13)11-9-17(25)21-10-8-18-22-16(12-26-18)15-6-4-3-5-7-15/h3-7,12H,8-11H2,1-2H3,(H,21,25). The third kappa shape index (κ3) is 4.51. The number of hydrogen-bond donors (Lipinski definition) is 1. The summed E-state index contributed by atoms with van der Waals surface area (Å²) in [4.78, 5) is 16.7. The van der Waals surface area contributed by atoms with Gasteiger partial charge in [-0.15, -0.1) is 11.3 Å². The van der Waals surface area contributed by atoms with E-state index in [0.717, 1.165) is 34.1 Å². The highest BCUT2D eigenvalue weighted by atomic mass is 35.5. The first-order chi connectivity index (χ1) is 12.5. The molecule has 7 heteroatoms. The molecule has 0 aliphatic rings. The van der Waals surface area contributed by atoms with E-state index >= 15 is 0 Å². The van der Waals surface area contributed by atoms with E-state index in [1.165, 1.54) is 0 Å². The Balaban J connectivity index is 1.44. The molecule has 3 aromatic rings. The SMILES string of the molecule is Cc1nn(CCC(=O)NCCc2nc(-c3ccccc3)cs2)c(C)c1Cl. The second kappa shape index (κ2) is 8.47. The molecule has 0 saturated heterocycles. The molecule has 3 rings (SSSR count). The number of benzene rings is 1. The van der Waals surface area contributed by atoms with Gasteiger partial charge in [-0.3, -0.25) is 9.48 Å². The number of aryl methyl sites for hydroxylation is 2. The lowest BCUT2D eigenvalue weighted by Gasteiger charge is -2.06. The summed E-state index contributed by atoms with van der Waals surface area (Å²) in [6, 6.07) is 10.1. The van der Waals surface area contributed by atoms with E-state index < -0.39 is 0 Å². The summed E-state index contributed by atoms with van der Waals surface area (Å²) < 4.78 is 1.78. The van der Waals surface area contributed by atoms with Gasteiger partial charge < -0.3 is 5.32 Å². The maximum Gasteiger partial charge on any atom is 0.221 e. The van der Waals surface area contributed by atoms with E-state index in [2.05, 4.69) is 20.8 Å². The molecule has 2 aromatic heterocycles. The van der Waals surface area contributed by atoms with E-state index in [1.807, 2.05) is 44.2 Å². The van der Waals surface area contributed by atoms with Crippen LogP contribution in [0.3, 0.4) is 0 Å². The van der Waals surface area contributed by atoms with Crippen molar-refractivity contribution < 1.29 is 4.79 Å². The average molecular weight is 389 g/mol. The van der Waals surface area contributed by atoms with Crippen molar-refractivity contribution in [3.05, 3.63) is 57.1 Å². The molecule has 0 bridgehead atoms. The summed E-state index contributed by atoms with van der Waals surface area (Å²) >= 11 is 7.74. The number of carbonyl (C=O) groups is 1. The van der Waals surface area contributed by atoms with Gasteiger partial charge in [-0.2, -0.15) is 5.10 Å². The second-order valence-corrected chi connectivity index (χ2v) is 7.37.